The van der Waals surface area contributed by atoms with Gasteiger partial charge in [-0.15, -0.1) is 0 Å². The molecule has 0 unspecified atom stereocenters. The summed E-state index contributed by atoms with van der Waals surface area (Å²) in [5, 5.41) is 0. The van der Waals surface area contributed by atoms with E-state index in [4.69, 9.17) is 0 Å². The number of carbonyl (C=O) groups is 4. The standard InChI is InChI=1S/C21H16BrN3O4/c1-23-18(26)17(19(27)24(2)21(23)29)16-14-10-13(22)8-9-15(14)25(20(16)28)11-12-6-4-3-5-7-12/h3-10H,11H2,1-2H3. The van der Waals surface area contributed by atoms with Gasteiger partial charge in [0.15, 0.2) is 0 Å². The van der Waals surface area contributed by atoms with Crippen LogP contribution < -0.4 is 4.90 Å². The molecule has 0 N–H and O–H groups in total. The molecule has 2 aromatic carbocycles. The number of hydrogen-bond acceptors (Lipinski definition) is 4. The summed E-state index contributed by atoms with van der Waals surface area (Å²) in [6.45, 7) is 0.290. The number of likely N-dealkylation sites (N-methyl/N-ethyl adjacent to an activating group) is 2. The molecule has 5 amide bonds. The van der Waals surface area contributed by atoms with E-state index in [0.29, 0.717) is 15.7 Å². The molecule has 0 radical (unpaired) electrons. The highest BCUT2D eigenvalue weighted by atomic mass is 79.9. The first-order chi connectivity index (χ1) is 13.8. The van der Waals surface area contributed by atoms with Gasteiger partial charge in [0, 0.05) is 24.1 Å². The van der Waals surface area contributed by atoms with Crippen LogP contribution in [0.4, 0.5) is 10.5 Å². The molecule has 7 nitrogen and oxygen atoms in total. The van der Waals surface area contributed by atoms with Crippen molar-refractivity contribution in [3.63, 3.8) is 0 Å². The third-order valence-corrected chi connectivity index (χ3v) is 5.52. The minimum atomic E-state index is -0.783. The number of hydrogen-bond donors (Lipinski definition) is 0. The van der Waals surface area contributed by atoms with Gasteiger partial charge in [-0.2, -0.15) is 0 Å². The molecular weight excluding hydrogens is 438 g/mol. The van der Waals surface area contributed by atoms with E-state index in [2.05, 4.69) is 15.9 Å². The molecule has 2 aromatic rings. The van der Waals surface area contributed by atoms with E-state index in [1.54, 1.807) is 18.2 Å². The molecule has 8 heteroatoms. The number of fused-ring (bicyclic) bond motifs is 1. The normalized spacial score (nSPS) is 16.9. The summed E-state index contributed by atoms with van der Waals surface area (Å²) in [7, 11) is 2.58. The molecule has 0 aliphatic carbocycles. The van der Waals surface area contributed by atoms with Crippen LogP contribution in [-0.4, -0.2) is 47.6 Å². The topological polar surface area (TPSA) is 78.0 Å². The number of barbiturate groups is 1. The Kier molecular flexibility index (Phi) is 4.58. The molecule has 0 spiro atoms. The summed E-state index contributed by atoms with van der Waals surface area (Å²) in [5.41, 5.74) is 1.71. The third-order valence-electron chi connectivity index (χ3n) is 5.02. The van der Waals surface area contributed by atoms with Gasteiger partial charge in [0.25, 0.3) is 17.7 Å². The van der Waals surface area contributed by atoms with Gasteiger partial charge < -0.3 is 4.90 Å². The molecule has 0 bridgehead atoms. The fourth-order valence-electron chi connectivity index (χ4n) is 3.51. The predicted molar refractivity (Wildman–Crippen MR) is 110 cm³/mol. The van der Waals surface area contributed by atoms with Gasteiger partial charge in [0.2, 0.25) is 0 Å². The van der Waals surface area contributed by atoms with Crippen molar-refractivity contribution in [3.8, 4) is 0 Å². The maximum absolute atomic E-state index is 13.4. The Morgan fingerprint density at radius 3 is 2.03 bits per heavy atom. The SMILES string of the molecule is CN1C(=O)C(=C2C(=O)N(Cc3ccccc3)c3ccc(Br)cc32)C(=O)N(C)C1=O. The first kappa shape index (κ1) is 19.1. The van der Waals surface area contributed by atoms with Crippen molar-refractivity contribution in [2.45, 2.75) is 6.54 Å². The van der Waals surface area contributed by atoms with Gasteiger partial charge in [0.1, 0.15) is 5.57 Å². The number of imide groups is 2. The average Bonchev–Trinajstić information content (AvgIpc) is 2.97. The zero-order chi connectivity index (χ0) is 20.9. The van der Waals surface area contributed by atoms with E-state index in [1.165, 1.54) is 19.0 Å². The predicted octanol–water partition coefficient (Wildman–Crippen LogP) is 2.80. The molecule has 0 aromatic heterocycles. The number of nitrogens with zero attached hydrogens (tertiary/aromatic N) is 3. The van der Waals surface area contributed by atoms with Gasteiger partial charge in [-0.05, 0) is 23.8 Å². The van der Waals surface area contributed by atoms with Gasteiger partial charge >= 0.3 is 6.03 Å². The van der Waals surface area contributed by atoms with Crippen LogP contribution >= 0.6 is 15.9 Å². The number of anilines is 1. The lowest BCUT2D eigenvalue weighted by atomic mass is 9.98. The molecule has 2 aliphatic rings. The van der Waals surface area contributed by atoms with Gasteiger partial charge in [0.05, 0.1) is 17.8 Å². The van der Waals surface area contributed by atoms with Crippen LogP contribution in [0.3, 0.4) is 0 Å². The number of benzene rings is 2. The molecule has 2 heterocycles. The van der Waals surface area contributed by atoms with E-state index in [-0.39, 0.29) is 17.7 Å². The van der Waals surface area contributed by atoms with E-state index >= 15 is 0 Å². The van der Waals surface area contributed by atoms with Crippen LogP contribution in [0.25, 0.3) is 5.57 Å². The maximum atomic E-state index is 13.4. The second-order valence-electron chi connectivity index (χ2n) is 6.80. The summed E-state index contributed by atoms with van der Waals surface area (Å²) in [5.74, 6) is -2.02. The van der Waals surface area contributed by atoms with Crippen molar-refractivity contribution >= 4 is 50.9 Å². The van der Waals surface area contributed by atoms with Crippen molar-refractivity contribution in [2.75, 3.05) is 19.0 Å². The molecule has 0 saturated carbocycles. The Morgan fingerprint density at radius 2 is 1.41 bits per heavy atom. The Bertz CT molecular complexity index is 1080. The van der Waals surface area contributed by atoms with Crippen molar-refractivity contribution in [1.29, 1.82) is 0 Å². The maximum Gasteiger partial charge on any atom is 0.333 e. The molecule has 1 fully saturated rings. The third kappa shape index (κ3) is 2.96. The average molecular weight is 454 g/mol. The van der Waals surface area contributed by atoms with E-state index < -0.39 is 23.8 Å². The quantitative estimate of drug-likeness (QED) is 0.517. The fourth-order valence-corrected chi connectivity index (χ4v) is 3.87. The molecule has 29 heavy (non-hydrogen) atoms. The smallest absolute Gasteiger partial charge is 0.303 e. The first-order valence-electron chi connectivity index (χ1n) is 8.81. The highest BCUT2D eigenvalue weighted by molar-refractivity contribution is 9.10. The van der Waals surface area contributed by atoms with Crippen molar-refractivity contribution in [3.05, 3.63) is 69.7 Å². The largest absolute Gasteiger partial charge is 0.333 e. The van der Waals surface area contributed by atoms with Crippen LogP contribution in [0.5, 0.6) is 0 Å². The second kappa shape index (κ2) is 6.97. The zero-order valence-corrected chi connectivity index (χ0v) is 17.3. The van der Waals surface area contributed by atoms with Crippen LogP contribution in [0.15, 0.2) is 58.6 Å². The Labute approximate surface area is 175 Å². The lowest BCUT2D eigenvalue weighted by molar-refractivity contribution is -0.134. The summed E-state index contributed by atoms with van der Waals surface area (Å²) in [4.78, 5) is 54.3. The van der Waals surface area contributed by atoms with E-state index in [0.717, 1.165) is 15.4 Å². The summed E-state index contributed by atoms with van der Waals surface area (Å²) in [6.07, 6.45) is 0. The summed E-state index contributed by atoms with van der Waals surface area (Å²) >= 11 is 3.39. The molecule has 0 atom stereocenters. The van der Waals surface area contributed by atoms with Crippen LogP contribution in [-0.2, 0) is 20.9 Å². The second-order valence-corrected chi connectivity index (χ2v) is 7.71. The van der Waals surface area contributed by atoms with Crippen molar-refractivity contribution in [1.82, 2.24) is 9.80 Å². The van der Waals surface area contributed by atoms with Crippen molar-refractivity contribution in [2.24, 2.45) is 0 Å². The van der Waals surface area contributed by atoms with Crippen molar-refractivity contribution < 1.29 is 19.2 Å². The number of amides is 5. The fraction of sp³-hybridized carbons (Fsp3) is 0.143. The number of carbonyl (C=O) groups excluding carboxylic acids is 4. The van der Waals surface area contributed by atoms with E-state index in [1.807, 2.05) is 30.3 Å². The highest BCUT2D eigenvalue weighted by Gasteiger charge is 2.45. The van der Waals surface area contributed by atoms with Crippen LogP contribution in [0, 0.1) is 0 Å². The molecule has 1 saturated heterocycles. The lowest BCUT2D eigenvalue weighted by Gasteiger charge is -2.29. The number of halogens is 1. The monoisotopic (exact) mass is 453 g/mol. The Balaban J connectivity index is 1.91. The highest BCUT2D eigenvalue weighted by Crippen LogP contribution is 2.42. The van der Waals surface area contributed by atoms with Crippen LogP contribution in [0.1, 0.15) is 11.1 Å². The molecule has 4 rings (SSSR count). The number of rotatable bonds is 2. The summed E-state index contributed by atoms with van der Waals surface area (Å²) < 4.78 is 0.706. The van der Waals surface area contributed by atoms with E-state index in [9.17, 15) is 19.2 Å². The Morgan fingerprint density at radius 1 is 0.793 bits per heavy atom. The minimum absolute atomic E-state index is 0.0124. The van der Waals surface area contributed by atoms with Crippen LogP contribution in [0.2, 0.25) is 0 Å². The van der Waals surface area contributed by atoms with Gasteiger partial charge in [-0.1, -0.05) is 46.3 Å². The minimum Gasteiger partial charge on any atom is -0.303 e. The molecule has 2 aliphatic heterocycles. The first-order valence-corrected chi connectivity index (χ1v) is 9.60. The number of urea groups is 1. The molecule has 146 valence electrons. The Hall–Kier alpha value is -3.26. The van der Waals surface area contributed by atoms with Gasteiger partial charge in [-0.3, -0.25) is 24.2 Å². The lowest BCUT2D eigenvalue weighted by Crippen LogP contribution is -2.53. The zero-order valence-electron chi connectivity index (χ0n) is 15.7. The summed E-state index contributed by atoms with van der Waals surface area (Å²) in [6, 6.07) is 14.0. The van der Waals surface area contributed by atoms with Gasteiger partial charge in [-0.25, -0.2) is 4.79 Å². The molecular formula is C21H16BrN3O4.